The number of para-hydroxylation sites is 1. The van der Waals surface area contributed by atoms with Gasteiger partial charge in [-0.3, -0.25) is 14.1 Å². The van der Waals surface area contributed by atoms with Crippen LogP contribution in [0.5, 0.6) is 11.5 Å². The van der Waals surface area contributed by atoms with Crippen molar-refractivity contribution >= 4 is 21.9 Å². The van der Waals surface area contributed by atoms with E-state index in [1.165, 1.54) is 18.8 Å². The first kappa shape index (κ1) is 24.2. The minimum Gasteiger partial charge on any atom is -0.494 e. The Morgan fingerprint density at radius 1 is 1.08 bits per heavy atom. The van der Waals surface area contributed by atoms with Crippen molar-refractivity contribution in [1.29, 1.82) is 0 Å². The van der Waals surface area contributed by atoms with Crippen LogP contribution < -0.4 is 14.2 Å². The van der Waals surface area contributed by atoms with Crippen LogP contribution in [0.25, 0.3) is 17.3 Å². The Kier molecular flexibility index (Phi) is 6.37. The van der Waals surface area contributed by atoms with E-state index in [0.717, 1.165) is 12.8 Å². The first-order valence-corrected chi connectivity index (χ1v) is 13.4. The van der Waals surface area contributed by atoms with Gasteiger partial charge in [-0.2, -0.15) is 0 Å². The van der Waals surface area contributed by atoms with E-state index in [1.54, 1.807) is 42.2 Å². The molecule has 1 amide bonds. The number of sulfonamides is 1. The van der Waals surface area contributed by atoms with E-state index in [0.29, 0.717) is 48.0 Å². The molecule has 0 aliphatic carbocycles. The van der Waals surface area contributed by atoms with Crippen LogP contribution in [0.2, 0.25) is 0 Å². The van der Waals surface area contributed by atoms with Crippen molar-refractivity contribution in [2.45, 2.75) is 50.3 Å². The van der Waals surface area contributed by atoms with Crippen molar-refractivity contribution in [3.8, 4) is 28.8 Å². The number of anilines is 1. The quantitative estimate of drug-likeness (QED) is 0.505. The number of rotatable bonds is 7. The average Bonchev–Trinajstić information content (AvgIpc) is 3.48. The molecule has 0 saturated carbocycles. The minimum absolute atomic E-state index is 0. The third-order valence-electron chi connectivity index (χ3n) is 6.83. The predicted octanol–water partition coefficient (Wildman–Crippen LogP) is 3.38. The Bertz CT molecular complexity index is 1370. The number of fused-ring (bicyclic) bond motifs is 1. The largest absolute Gasteiger partial charge is 0.494 e. The normalized spacial score (nSPS) is 20.2. The van der Waals surface area contributed by atoms with Crippen LogP contribution >= 0.6 is 0 Å². The van der Waals surface area contributed by atoms with Crippen LogP contribution in [0.4, 0.5) is 5.95 Å². The van der Waals surface area contributed by atoms with Crippen LogP contribution in [-0.4, -0.2) is 66.0 Å². The lowest BCUT2D eigenvalue weighted by Crippen LogP contribution is -2.53. The summed E-state index contributed by atoms with van der Waals surface area (Å²) in [6.07, 6.45) is 3.35. The SMILES string of the molecule is COc1cccc(OC)c1-n1c(NS(=O)(=O)[C@H]2CC[C@@H]3CCCC(=O)N3C2)nnc1-c1ccc(C)o1.[HH]. The molecule has 3 aromatic rings. The minimum atomic E-state index is -3.92. The maximum Gasteiger partial charge on any atom is 0.243 e. The fraction of sp³-hybridized carbons (Fsp3) is 0.458. The molecule has 0 radical (unpaired) electrons. The highest BCUT2D eigenvalue weighted by molar-refractivity contribution is 7.93. The smallest absolute Gasteiger partial charge is 0.243 e. The third kappa shape index (κ3) is 4.29. The number of carbonyl (C=O) groups excluding carboxylic acids is 1. The Morgan fingerprint density at radius 3 is 2.50 bits per heavy atom. The number of ether oxygens (including phenoxy) is 2. The van der Waals surface area contributed by atoms with E-state index in [-0.39, 0.29) is 31.7 Å². The molecule has 5 rings (SSSR count). The highest BCUT2D eigenvalue weighted by atomic mass is 32.2. The summed E-state index contributed by atoms with van der Waals surface area (Å²) in [5, 5.41) is 7.66. The maximum atomic E-state index is 13.6. The molecule has 2 aromatic heterocycles. The lowest BCUT2D eigenvalue weighted by molar-refractivity contribution is -0.137. The zero-order chi connectivity index (χ0) is 25.4. The topological polar surface area (TPSA) is 129 Å². The van der Waals surface area contributed by atoms with Crippen LogP contribution in [0.15, 0.2) is 34.7 Å². The van der Waals surface area contributed by atoms with Crippen LogP contribution in [0.1, 0.15) is 39.3 Å². The number of hydrogen-bond donors (Lipinski definition) is 1. The number of carbonyl (C=O) groups is 1. The molecule has 2 saturated heterocycles. The molecule has 2 aliphatic heterocycles. The summed E-state index contributed by atoms with van der Waals surface area (Å²) in [6, 6.07) is 8.87. The van der Waals surface area contributed by atoms with Gasteiger partial charge in [0.2, 0.25) is 27.7 Å². The number of aryl methyl sites for hydroxylation is 1. The molecule has 194 valence electrons. The third-order valence-corrected chi connectivity index (χ3v) is 8.56. The van der Waals surface area contributed by atoms with Crippen molar-refractivity contribution in [2.75, 3.05) is 25.5 Å². The van der Waals surface area contributed by atoms with E-state index < -0.39 is 15.3 Å². The van der Waals surface area contributed by atoms with Crippen molar-refractivity contribution in [2.24, 2.45) is 0 Å². The first-order valence-electron chi connectivity index (χ1n) is 11.9. The van der Waals surface area contributed by atoms with E-state index in [1.807, 2.05) is 0 Å². The second-order valence-corrected chi connectivity index (χ2v) is 11.0. The number of methoxy groups -OCH3 is 2. The van der Waals surface area contributed by atoms with Gasteiger partial charge in [0.15, 0.2) is 5.76 Å². The molecule has 4 heterocycles. The van der Waals surface area contributed by atoms with Crippen LogP contribution in [0, 0.1) is 6.92 Å². The van der Waals surface area contributed by atoms with E-state index in [2.05, 4.69) is 14.9 Å². The van der Waals surface area contributed by atoms with E-state index in [4.69, 9.17) is 13.9 Å². The predicted molar refractivity (Wildman–Crippen MR) is 134 cm³/mol. The molecule has 36 heavy (non-hydrogen) atoms. The maximum absolute atomic E-state index is 13.6. The second-order valence-electron chi connectivity index (χ2n) is 9.04. The summed E-state index contributed by atoms with van der Waals surface area (Å²) < 4.78 is 48.2. The average molecular weight is 518 g/mol. The summed E-state index contributed by atoms with van der Waals surface area (Å²) in [4.78, 5) is 14.2. The van der Waals surface area contributed by atoms with Crippen LogP contribution in [0.3, 0.4) is 0 Å². The lowest BCUT2D eigenvalue weighted by atomic mass is 9.93. The zero-order valence-electron chi connectivity index (χ0n) is 20.4. The van der Waals surface area contributed by atoms with Gasteiger partial charge in [0, 0.05) is 20.4 Å². The number of nitrogens with one attached hydrogen (secondary N) is 1. The summed E-state index contributed by atoms with van der Waals surface area (Å²) in [6.45, 7) is 1.96. The second kappa shape index (κ2) is 9.49. The number of furan rings is 1. The highest BCUT2D eigenvalue weighted by Gasteiger charge is 2.40. The molecule has 2 aliphatic rings. The van der Waals surface area contributed by atoms with Crippen molar-refractivity contribution in [3.05, 3.63) is 36.1 Å². The van der Waals surface area contributed by atoms with Gasteiger partial charge in [-0.25, -0.2) is 8.42 Å². The Hall–Kier alpha value is -3.54. The number of benzene rings is 1. The van der Waals surface area contributed by atoms with Gasteiger partial charge in [-0.15, -0.1) is 10.2 Å². The number of piperidine rings is 2. The fourth-order valence-electron chi connectivity index (χ4n) is 5.02. The van der Waals surface area contributed by atoms with Gasteiger partial charge in [-0.05, 0) is 56.9 Å². The zero-order valence-corrected chi connectivity index (χ0v) is 21.2. The summed E-state index contributed by atoms with van der Waals surface area (Å²) >= 11 is 0. The summed E-state index contributed by atoms with van der Waals surface area (Å²) in [5.41, 5.74) is 0.421. The van der Waals surface area contributed by atoms with E-state index in [9.17, 15) is 13.2 Å². The number of aromatic nitrogens is 3. The van der Waals surface area contributed by atoms with Gasteiger partial charge in [0.05, 0.1) is 19.5 Å². The number of amides is 1. The summed E-state index contributed by atoms with van der Waals surface area (Å²) in [7, 11) is -0.901. The van der Waals surface area contributed by atoms with Gasteiger partial charge in [0.1, 0.15) is 22.9 Å². The highest BCUT2D eigenvalue weighted by Crippen LogP contribution is 2.38. The molecule has 0 bridgehead atoms. The molecule has 0 unspecified atom stereocenters. The van der Waals surface area contributed by atoms with Gasteiger partial charge in [0.25, 0.3) is 0 Å². The molecule has 11 nitrogen and oxygen atoms in total. The first-order chi connectivity index (χ1) is 17.3. The molecule has 12 heteroatoms. The molecule has 2 atom stereocenters. The van der Waals surface area contributed by atoms with Crippen molar-refractivity contribution in [3.63, 3.8) is 0 Å². The van der Waals surface area contributed by atoms with Gasteiger partial charge in [-0.1, -0.05) is 6.07 Å². The monoisotopic (exact) mass is 517 g/mol. The van der Waals surface area contributed by atoms with Crippen molar-refractivity contribution in [1.82, 2.24) is 19.7 Å². The number of nitrogens with zero attached hydrogens (tertiary/aromatic N) is 4. The molecular weight excluding hydrogens is 486 g/mol. The van der Waals surface area contributed by atoms with Crippen molar-refractivity contribution < 1.29 is 28.5 Å². The number of hydrogen-bond acceptors (Lipinski definition) is 8. The van der Waals surface area contributed by atoms with Crippen LogP contribution in [-0.2, 0) is 14.8 Å². The molecular formula is C24H31N5O6S. The Labute approximate surface area is 210 Å². The molecule has 1 N–H and O–H groups in total. The molecule has 0 spiro atoms. The van der Waals surface area contributed by atoms with Gasteiger partial charge < -0.3 is 18.8 Å². The van der Waals surface area contributed by atoms with E-state index >= 15 is 0 Å². The Morgan fingerprint density at radius 2 is 1.83 bits per heavy atom. The molecule has 2 fully saturated rings. The molecule has 1 aromatic carbocycles. The van der Waals surface area contributed by atoms with Gasteiger partial charge >= 0.3 is 0 Å². The summed E-state index contributed by atoms with van der Waals surface area (Å²) in [5.74, 6) is 2.18. The lowest BCUT2D eigenvalue weighted by Gasteiger charge is -2.42. The standard InChI is InChI=1S/C24H29N5O6S.H2/c1-15-10-13-20(35-15)23-25-26-24(29(23)22-18(33-2)7-5-8-19(22)34-3)27-36(31,32)17-12-11-16-6-4-9-21(30)28(16)14-17;/h5,7-8,10,13,16-17H,4,6,9,11-12,14H2,1-3H3,(H,26,27);1H/t16-,17-;/m0./s1. The Balaban J connectivity index is 0.00000320. The fourth-order valence-corrected chi connectivity index (χ4v) is 6.38.